The Balaban J connectivity index is 1.47. The number of carboxylic acid groups (broad SMARTS) is 1. The lowest BCUT2D eigenvalue weighted by molar-refractivity contribution is -0.133. The molecule has 26 heavy (non-hydrogen) atoms. The van der Waals surface area contributed by atoms with Crippen LogP contribution >= 0.6 is 0 Å². The Kier molecular flexibility index (Phi) is 5.68. The maximum absolute atomic E-state index is 12.4. The van der Waals surface area contributed by atoms with E-state index in [9.17, 15) is 9.59 Å². The lowest BCUT2D eigenvalue weighted by atomic mass is 10.1. The number of carbonyl (C=O) groups is 2. The van der Waals surface area contributed by atoms with E-state index >= 15 is 0 Å². The molecule has 1 fully saturated rings. The van der Waals surface area contributed by atoms with Gasteiger partial charge in [-0.1, -0.05) is 24.3 Å². The molecule has 1 saturated heterocycles. The van der Waals surface area contributed by atoms with Crippen molar-refractivity contribution in [2.24, 2.45) is 0 Å². The molecule has 1 aromatic heterocycles. The molecule has 0 aliphatic carbocycles. The predicted octanol–water partition coefficient (Wildman–Crippen LogP) is 1.62. The summed E-state index contributed by atoms with van der Waals surface area (Å²) in [5, 5.41) is 13.1. The Morgan fingerprint density at radius 3 is 2.54 bits per heavy atom. The molecular weight excluding hydrogens is 332 g/mol. The first-order chi connectivity index (χ1) is 12.5. The number of carboxylic acids is 1. The molecule has 2 heterocycles. The molecule has 1 aliphatic heterocycles. The van der Waals surface area contributed by atoms with Crippen LogP contribution in [0.1, 0.15) is 28.0 Å². The number of piperazine rings is 1. The van der Waals surface area contributed by atoms with Crippen molar-refractivity contribution in [1.29, 1.82) is 0 Å². The summed E-state index contributed by atoms with van der Waals surface area (Å²) in [4.78, 5) is 27.7. The molecule has 0 unspecified atom stereocenters. The first-order valence-electron chi connectivity index (χ1n) is 8.84. The molecule has 0 saturated carbocycles. The Morgan fingerprint density at radius 1 is 1.12 bits per heavy atom. The second-order valence-electron chi connectivity index (χ2n) is 6.58. The van der Waals surface area contributed by atoms with Crippen LogP contribution in [0.5, 0.6) is 0 Å². The quantitative estimate of drug-likeness (QED) is 0.851. The summed E-state index contributed by atoms with van der Waals surface area (Å²) in [6, 6.07) is 9.82. The molecule has 7 heteroatoms. The van der Waals surface area contributed by atoms with Crippen LogP contribution in [0.25, 0.3) is 0 Å². The van der Waals surface area contributed by atoms with Crippen LogP contribution in [0.2, 0.25) is 0 Å². The van der Waals surface area contributed by atoms with Gasteiger partial charge in [-0.15, -0.1) is 0 Å². The zero-order chi connectivity index (χ0) is 18.5. The van der Waals surface area contributed by atoms with Gasteiger partial charge in [0.1, 0.15) is 5.69 Å². The third kappa shape index (κ3) is 4.29. The van der Waals surface area contributed by atoms with Crippen LogP contribution in [0, 0.1) is 6.92 Å². The topological polar surface area (TPSA) is 78.7 Å². The number of aromatic carboxylic acids is 1. The number of carbonyl (C=O) groups excluding carboxylic acids is 1. The maximum atomic E-state index is 12.4. The summed E-state index contributed by atoms with van der Waals surface area (Å²) in [6.07, 6.45) is 1.71. The van der Waals surface area contributed by atoms with Crippen molar-refractivity contribution >= 4 is 11.9 Å². The largest absolute Gasteiger partial charge is 0.477 e. The zero-order valence-corrected chi connectivity index (χ0v) is 15.0. The van der Waals surface area contributed by atoms with Crippen molar-refractivity contribution in [3.63, 3.8) is 0 Å². The van der Waals surface area contributed by atoms with E-state index in [1.807, 2.05) is 11.0 Å². The molecule has 7 nitrogen and oxygen atoms in total. The normalized spacial score (nSPS) is 15.2. The average molecular weight is 356 g/mol. The van der Waals surface area contributed by atoms with Crippen LogP contribution in [0.3, 0.4) is 0 Å². The molecule has 0 atom stereocenters. The van der Waals surface area contributed by atoms with E-state index in [4.69, 9.17) is 5.11 Å². The summed E-state index contributed by atoms with van der Waals surface area (Å²) in [5.41, 5.74) is 2.73. The lowest BCUT2D eigenvalue weighted by Gasteiger charge is -2.35. The molecule has 0 spiro atoms. The van der Waals surface area contributed by atoms with Gasteiger partial charge in [0.25, 0.3) is 0 Å². The van der Waals surface area contributed by atoms with Gasteiger partial charge in [0.2, 0.25) is 5.91 Å². The predicted molar refractivity (Wildman–Crippen MR) is 96.8 cm³/mol. The number of amides is 1. The molecule has 2 aromatic rings. The minimum atomic E-state index is -1.03. The highest BCUT2D eigenvalue weighted by Crippen LogP contribution is 2.13. The van der Waals surface area contributed by atoms with Crippen LogP contribution in [0.4, 0.5) is 0 Å². The Morgan fingerprint density at radius 2 is 1.85 bits per heavy atom. The number of aryl methyl sites for hydroxylation is 2. The molecule has 0 radical (unpaired) electrons. The fourth-order valence-corrected chi connectivity index (χ4v) is 3.24. The molecular formula is C19H24N4O3. The van der Waals surface area contributed by atoms with Crippen molar-refractivity contribution < 1.29 is 14.7 Å². The van der Waals surface area contributed by atoms with Gasteiger partial charge in [-0.2, -0.15) is 5.10 Å². The van der Waals surface area contributed by atoms with Gasteiger partial charge in [0.05, 0.1) is 6.54 Å². The van der Waals surface area contributed by atoms with Crippen molar-refractivity contribution in [2.75, 3.05) is 26.2 Å². The van der Waals surface area contributed by atoms with Crippen LogP contribution in [-0.4, -0.2) is 62.7 Å². The van der Waals surface area contributed by atoms with E-state index in [0.717, 1.165) is 19.6 Å². The Hall–Kier alpha value is -2.67. The van der Waals surface area contributed by atoms with Crippen molar-refractivity contribution in [2.45, 2.75) is 26.4 Å². The lowest BCUT2D eigenvalue weighted by Crippen LogP contribution is -2.48. The monoisotopic (exact) mass is 356 g/mol. The van der Waals surface area contributed by atoms with Crippen LogP contribution in [-0.2, 0) is 17.9 Å². The number of rotatable bonds is 6. The summed E-state index contributed by atoms with van der Waals surface area (Å²) < 4.78 is 1.37. The highest BCUT2D eigenvalue weighted by atomic mass is 16.4. The Bertz CT molecular complexity index is 779. The summed E-state index contributed by atoms with van der Waals surface area (Å²) in [7, 11) is 0. The highest BCUT2D eigenvalue weighted by molar-refractivity contribution is 5.85. The molecule has 3 rings (SSSR count). The number of hydrogen-bond donors (Lipinski definition) is 1. The molecule has 1 aliphatic rings. The third-order valence-corrected chi connectivity index (χ3v) is 4.85. The molecule has 138 valence electrons. The van der Waals surface area contributed by atoms with Gasteiger partial charge in [0.15, 0.2) is 0 Å². The van der Waals surface area contributed by atoms with Gasteiger partial charge in [-0.3, -0.25) is 14.4 Å². The highest BCUT2D eigenvalue weighted by Gasteiger charge is 2.21. The smallest absolute Gasteiger partial charge is 0.354 e. The summed E-state index contributed by atoms with van der Waals surface area (Å²) >= 11 is 0. The van der Waals surface area contributed by atoms with Gasteiger partial charge in [-0.25, -0.2) is 4.79 Å². The van der Waals surface area contributed by atoms with Crippen molar-refractivity contribution in [3.8, 4) is 0 Å². The van der Waals surface area contributed by atoms with E-state index < -0.39 is 5.97 Å². The second kappa shape index (κ2) is 8.14. The van der Waals surface area contributed by atoms with Gasteiger partial charge in [0, 0.05) is 45.3 Å². The minimum absolute atomic E-state index is 0.0485. The second-order valence-corrected chi connectivity index (χ2v) is 6.58. The first-order valence-corrected chi connectivity index (χ1v) is 8.84. The van der Waals surface area contributed by atoms with Crippen molar-refractivity contribution in [1.82, 2.24) is 19.6 Å². The molecule has 1 N–H and O–H groups in total. The maximum Gasteiger partial charge on any atom is 0.354 e. The van der Waals surface area contributed by atoms with E-state index in [0.29, 0.717) is 13.1 Å². The summed E-state index contributed by atoms with van der Waals surface area (Å²) in [6.45, 7) is 6.42. The van der Waals surface area contributed by atoms with E-state index in [1.54, 1.807) is 0 Å². The number of nitrogens with zero attached hydrogens (tertiary/aromatic N) is 4. The zero-order valence-electron chi connectivity index (χ0n) is 15.0. The number of aromatic nitrogens is 2. The van der Waals surface area contributed by atoms with E-state index in [1.165, 1.54) is 28.1 Å². The van der Waals surface area contributed by atoms with Gasteiger partial charge < -0.3 is 10.0 Å². The fraction of sp³-hybridized carbons (Fsp3) is 0.421. The molecule has 0 bridgehead atoms. The van der Waals surface area contributed by atoms with Crippen LogP contribution in [0.15, 0.2) is 36.5 Å². The minimum Gasteiger partial charge on any atom is -0.477 e. The van der Waals surface area contributed by atoms with E-state index in [2.05, 4.69) is 35.1 Å². The van der Waals surface area contributed by atoms with Crippen molar-refractivity contribution in [3.05, 3.63) is 53.3 Å². The molecule has 1 aromatic carbocycles. The fourth-order valence-electron chi connectivity index (χ4n) is 3.24. The standard InChI is InChI=1S/C19H24N4O3/c1-15-4-2-3-5-16(15)14-21-10-12-22(13-11-21)18(24)7-9-23-17(19(25)26)6-8-20-23/h2-6,8H,7,9-14H2,1H3,(H,25,26). The number of hydrogen-bond acceptors (Lipinski definition) is 4. The van der Waals surface area contributed by atoms with Crippen LogP contribution < -0.4 is 0 Å². The third-order valence-electron chi connectivity index (χ3n) is 4.85. The average Bonchev–Trinajstić information content (AvgIpc) is 3.11. The van der Waals surface area contributed by atoms with E-state index in [-0.39, 0.29) is 24.6 Å². The first kappa shape index (κ1) is 18.1. The van der Waals surface area contributed by atoms with Gasteiger partial charge >= 0.3 is 5.97 Å². The SMILES string of the molecule is Cc1ccccc1CN1CCN(C(=O)CCn2nccc2C(=O)O)CC1. The number of benzene rings is 1. The summed E-state index contributed by atoms with van der Waals surface area (Å²) in [5.74, 6) is -0.979. The molecule has 1 amide bonds. The Labute approximate surface area is 152 Å². The van der Waals surface area contributed by atoms with Gasteiger partial charge in [-0.05, 0) is 24.1 Å².